The van der Waals surface area contributed by atoms with E-state index in [-0.39, 0.29) is 22.0 Å². The van der Waals surface area contributed by atoms with E-state index in [1.165, 1.54) is 24.7 Å². The lowest BCUT2D eigenvalue weighted by molar-refractivity contribution is 0.0762. The fourth-order valence-corrected chi connectivity index (χ4v) is 6.34. The van der Waals surface area contributed by atoms with Crippen LogP contribution in [0.25, 0.3) is 0 Å². The summed E-state index contributed by atoms with van der Waals surface area (Å²) in [7, 11) is -1.22. The van der Waals surface area contributed by atoms with E-state index in [1.54, 1.807) is 24.3 Å². The van der Waals surface area contributed by atoms with Gasteiger partial charge in [-0.05, 0) is 81.3 Å². The Balaban J connectivity index is 1.42. The molecule has 0 bridgehead atoms. The van der Waals surface area contributed by atoms with Gasteiger partial charge in [0.15, 0.2) is 9.84 Å². The van der Waals surface area contributed by atoms with Crippen molar-refractivity contribution in [3.05, 3.63) is 60.2 Å². The first kappa shape index (κ1) is 22.4. The Morgan fingerprint density at radius 2 is 1.61 bits per heavy atom. The first-order chi connectivity index (χ1) is 15.8. The zero-order chi connectivity index (χ0) is 23.3. The van der Waals surface area contributed by atoms with Crippen molar-refractivity contribution in [3.63, 3.8) is 0 Å². The van der Waals surface area contributed by atoms with Gasteiger partial charge in [0, 0.05) is 24.0 Å². The fourth-order valence-electron chi connectivity index (χ4n) is 5.71. The molecular weight excluding hydrogens is 434 g/mol. The number of hydrogen-bond donors (Lipinski definition) is 1. The molecule has 2 aliphatic carbocycles. The van der Waals surface area contributed by atoms with Crippen molar-refractivity contribution in [1.29, 1.82) is 0 Å². The molecule has 2 saturated carbocycles. The van der Waals surface area contributed by atoms with E-state index in [4.69, 9.17) is 0 Å². The van der Waals surface area contributed by atoms with Crippen LogP contribution in [0.4, 0.5) is 10.5 Å². The number of hydrogen-bond acceptors (Lipinski definition) is 4. The van der Waals surface area contributed by atoms with Gasteiger partial charge in [0.05, 0.1) is 17.0 Å². The van der Waals surface area contributed by atoms with Crippen LogP contribution in [0.3, 0.4) is 0 Å². The van der Waals surface area contributed by atoms with E-state index in [0.29, 0.717) is 12.5 Å². The van der Waals surface area contributed by atoms with Gasteiger partial charge in [-0.3, -0.25) is 4.90 Å². The Labute approximate surface area is 196 Å². The number of benzene rings is 2. The smallest absolute Gasteiger partial charge is 0.317 e. The number of carbonyl (C=O) groups is 1. The predicted molar refractivity (Wildman–Crippen MR) is 130 cm³/mol. The van der Waals surface area contributed by atoms with Crippen LogP contribution in [-0.2, 0) is 15.4 Å². The minimum atomic E-state index is -3.27. The van der Waals surface area contributed by atoms with Crippen LogP contribution < -0.4 is 10.2 Å². The molecule has 0 radical (unpaired) electrons. The Hall–Kier alpha value is -2.38. The highest BCUT2D eigenvalue weighted by Crippen LogP contribution is 2.48. The standard InChI is InChI=1S/C26H33N3O3S/c1-27-26(21-6-4-3-5-7-21)16-14-25(15-17-26)19-28(24(30)29(25)18-20-8-9-20)22-10-12-23(13-11-22)33(2,31)32/h3-7,10-13,20,27H,8-9,14-19H2,1-2H3/t25-,26-. The molecule has 5 rings (SSSR count). The minimum Gasteiger partial charge on any atom is -0.317 e. The Bertz CT molecular complexity index is 1120. The molecule has 0 unspecified atom stereocenters. The number of anilines is 1. The molecule has 6 nitrogen and oxygen atoms in total. The number of urea groups is 1. The van der Waals surface area contributed by atoms with Crippen LogP contribution in [0, 0.1) is 5.92 Å². The Kier molecular flexibility index (Phi) is 5.52. The number of amides is 2. The summed E-state index contributed by atoms with van der Waals surface area (Å²) >= 11 is 0. The van der Waals surface area contributed by atoms with Crippen LogP contribution in [0.15, 0.2) is 59.5 Å². The zero-order valence-electron chi connectivity index (χ0n) is 19.5. The van der Waals surface area contributed by atoms with Gasteiger partial charge >= 0.3 is 6.03 Å². The molecule has 1 N–H and O–H groups in total. The van der Waals surface area contributed by atoms with E-state index in [1.807, 2.05) is 11.9 Å². The first-order valence-electron chi connectivity index (χ1n) is 11.9. The van der Waals surface area contributed by atoms with Crippen molar-refractivity contribution in [2.24, 2.45) is 5.92 Å². The van der Waals surface area contributed by atoms with Gasteiger partial charge in [-0.25, -0.2) is 13.2 Å². The SMILES string of the molecule is CN[C@]1(c2ccccc2)CC[C@@]2(CC1)CN(c1ccc(S(C)(=O)=O)cc1)C(=O)N2CC1CC1. The molecule has 7 heteroatoms. The molecular formula is C26H33N3O3S. The maximum atomic E-state index is 13.6. The van der Waals surface area contributed by atoms with Gasteiger partial charge in [-0.15, -0.1) is 0 Å². The minimum absolute atomic E-state index is 0.0608. The largest absolute Gasteiger partial charge is 0.325 e. The van der Waals surface area contributed by atoms with Crippen LogP contribution in [0.2, 0.25) is 0 Å². The Morgan fingerprint density at radius 3 is 2.15 bits per heavy atom. The van der Waals surface area contributed by atoms with Crippen LogP contribution >= 0.6 is 0 Å². The fraction of sp³-hybridized carbons (Fsp3) is 0.500. The number of nitrogens with zero attached hydrogens (tertiary/aromatic N) is 2. The normalized spacial score (nSPS) is 28.0. The molecule has 176 valence electrons. The van der Waals surface area contributed by atoms with Crippen LogP contribution in [-0.4, -0.2) is 51.3 Å². The molecule has 1 aliphatic heterocycles. The average Bonchev–Trinajstić information content (AvgIpc) is 3.61. The third kappa shape index (κ3) is 4.06. The summed E-state index contributed by atoms with van der Waals surface area (Å²) in [6.07, 6.45) is 7.45. The van der Waals surface area contributed by atoms with Crippen LogP contribution in [0.1, 0.15) is 44.1 Å². The highest BCUT2D eigenvalue weighted by atomic mass is 32.2. The van der Waals surface area contributed by atoms with Crippen molar-refractivity contribution in [1.82, 2.24) is 10.2 Å². The monoisotopic (exact) mass is 467 g/mol. The van der Waals surface area contributed by atoms with Gasteiger partial charge in [0.25, 0.3) is 0 Å². The van der Waals surface area contributed by atoms with E-state index in [2.05, 4.69) is 40.5 Å². The second-order valence-corrected chi connectivity index (χ2v) is 12.1. The molecule has 3 aliphatic rings. The molecule has 2 amide bonds. The maximum absolute atomic E-state index is 13.6. The Morgan fingerprint density at radius 1 is 0.970 bits per heavy atom. The lowest BCUT2D eigenvalue weighted by Gasteiger charge is -2.48. The van der Waals surface area contributed by atoms with Crippen molar-refractivity contribution < 1.29 is 13.2 Å². The molecule has 33 heavy (non-hydrogen) atoms. The summed E-state index contributed by atoms with van der Waals surface area (Å²) in [5, 5.41) is 3.61. The topological polar surface area (TPSA) is 69.7 Å². The van der Waals surface area contributed by atoms with Crippen molar-refractivity contribution in [2.45, 2.75) is 54.5 Å². The summed E-state index contributed by atoms with van der Waals surface area (Å²) in [4.78, 5) is 17.9. The van der Waals surface area contributed by atoms with Crippen LogP contribution in [0.5, 0.6) is 0 Å². The van der Waals surface area contributed by atoms with Gasteiger partial charge in [-0.1, -0.05) is 30.3 Å². The molecule has 1 heterocycles. The summed E-state index contributed by atoms with van der Waals surface area (Å²) in [5.74, 6) is 0.614. The lowest BCUT2D eigenvalue weighted by atomic mass is 9.69. The quantitative estimate of drug-likeness (QED) is 0.692. The number of nitrogens with one attached hydrogen (secondary N) is 1. The highest BCUT2D eigenvalue weighted by molar-refractivity contribution is 7.90. The van der Waals surface area contributed by atoms with E-state index >= 15 is 0 Å². The highest BCUT2D eigenvalue weighted by Gasteiger charge is 2.54. The summed E-state index contributed by atoms with van der Waals surface area (Å²) in [5.41, 5.74) is 1.85. The maximum Gasteiger partial charge on any atom is 0.325 e. The molecule has 3 fully saturated rings. The third-order valence-corrected chi connectivity index (χ3v) is 9.17. The van der Waals surface area contributed by atoms with Gasteiger partial charge in [-0.2, -0.15) is 0 Å². The average molecular weight is 468 g/mol. The molecule has 2 aromatic rings. The van der Waals surface area contributed by atoms with E-state index in [0.717, 1.165) is 37.9 Å². The molecule has 1 saturated heterocycles. The predicted octanol–water partition coefficient (Wildman–Crippen LogP) is 4.17. The van der Waals surface area contributed by atoms with Gasteiger partial charge in [0.2, 0.25) is 0 Å². The van der Waals surface area contributed by atoms with Crippen molar-refractivity contribution in [3.8, 4) is 0 Å². The van der Waals surface area contributed by atoms with Gasteiger partial charge in [0.1, 0.15) is 0 Å². The number of sulfone groups is 1. The van der Waals surface area contributed by atoms with E-state index < -0.39 is 9.84 Å². The zero-order valence-corrected chi connectivity index (χ0v) is 20.3. The summed E-state index contributed by atoms with van der Waals surface area (Å²) in [6, 6.07) is 17.5. The molecule has 0 aromatic heterocycles. The third-order valence-electron chi connectivity index (χ3n) is 8.04. The van der Waals surface area contributed by atoms with Crippen molar-refractivity contribution >= 4 is 21.6 Å². The second-order valence-electron chi connectivity index (χ2n) is 10.1. The number of rotatable bonds is 6. The van der Waals surface area contributed by atoms with Crippen molar-refractivity contribution in [2.75, 3.05) is 31.3 Å². The molecule has 2 aromatic carbocycles. The number of carbonyl (C=O) groups excluding carboxylic acids is 1. The van der Waals surface area contributed by atoms with E-state index in [9.17, 15) is 13.2 Å². The first-order valence-corrected chi connectivity index (χ1v) is 13.8. The summed E-state index contributed by atoms with van der Waals surface area (Å²) < 4.78 is 23.7. The second kappa shape index (κ2) is 8.13. The lowest BCUT2D eigenvalue weighted by Crippen LogP contribution is -2.55. The molecule has 1 spiro atoms. The summed E-state index contributed by atoms with van der Waals surface area (Å²) in [6.45, 7) is 1.49. The molecule has 0 atom stereocenters. The van der Waals surface area contributed by atoms with Gasteiger partial charge < -0.3 is 10.2 Å².